The third-order valence-electron chi connectivity index (χ3n) is 3.61. The van der Waals surface area contributed by atoms with Gasteiger partial charge in [-0.1, -0.05) is 11.6 Å². The van der Waals surface area contributed by atoms with E-state index in [0.717, 1.165) is 0 Å². The van der Waals surface area contributed by atoms with E-state index in [1.54, 1.807) is 23.1 Å². The number of sulfonamides is 1. The minimum Gasteiger partial charge on any atom is -0.423 e. The fourth-order valence-electron chi connectivity index (χ4n) is 2.46. The van der Waals surface area contributed by atoms with Crippen molar-refractivity contribution in [2.24, 2.45) is 5.14 Å². The number of amides is 1. The highest BCUT2D eigenvalue weighted by atomic mass is 35.5. The van der Waals surface area contributed by atoms with Crippen LogP contribution < -0.4 is 20.1 Å². The predicted molar refractivity (Wildman–Crippen MR) is 95.7 cm³/mol. The maximum atomic E-state index is 12.3. The Hall–Kier alpha value is -2.62. The second-order valence-corrected chi connectivity index (χ2v) is 7.56. The average Bonchev–Trinajstić information content (AvgIpc) is 2.55. The number of primary sulfonamides is 1. The lowest BCUT2D eigenvalue weighted by Crippen LogP contribution is -2.41. The normalized spacial score (nSPS) is 13.8. The first-order chi connectivity index (χ1) is 12.2. The standard InChI is InChI=1S/C16H14ClN3O5S/c17-10-1-6-14-13(7-10)20(9-16(22)25-14)8-15(21)19-11-2-4-12(5-3-11)26(18,23)24/h1-7H,8-9H2,(H,19,21)(H2,18,23,24). The van der Waals surface area contributed by atoms with Gasteiger partial charge in [-0.25, -0.2) is 18.4 Å². The molecule has 3 rings (SSSR count). The van der Waals surface area contributed by atoms with Gasteiger partial charge in [-0.05, 0) is 42.5 Å². The van der Waals surface area contributed by atoms with Gasteiger partial charge in [0.15, 0.2) is 5.75 Å². The van der Waals surface area contributed by atoms with Crippen molar-refractivity contribution in [3.63, 3.8) is 0 Å². The van der Waals surface area contributed by atoms with Gasteiger partial charge in [0.2, 0.25) is 15.9 Å². The average molecular weight is 396 g/mol. The van der Waals surface area contributed by atoms with Crippen LogP contribution in [0, 0.1) is 0 Å². The van der Waals surface area contributed by atoms with E-state index in [2.05, 4.69) is 5.32 Å². The molecular formula is C16H14ClN3O5S. The molecule has 26 heavy (non-hydrogen) atoms. The van der Waals surface area contributed by atoms with Crippen molar-refractivity contribution >= 4 is 44.9 Å². The van der Waals surface area contributed by atoms with Gasteiger partial charge in [0.05, 0.1) is 17.1 Å². The number of nitrogens with one attached hydrogen (secondary N) is 1. The minimum atomic E-state index is -3.80. The number of nitrogens with two attached hydrogens (primary N) is 1. The van der Waals surface area contributed by atoms with Crippen LogP contribution in [-0.4, -0.2) is 33.4 Å². The second-order valence-electron chi connectivity index (χ2n) is 5.56. The molecule has 10 heteroatoms. The summed E-state index contributed by atoms with van der Waals surface area (Å²) in [6, 6.07) is 10.2. The van der Waals surface area contributed by atoms with Crippen LogP contribution in [0.15, 0.2) is 47.4 Å². The van der Waals surface area contributed by atoms with Crippen LogP contribution in [0.2, 0.25) is 5.02 Å². The van der Waals surface area contributed by atoms with Crippen molar-refractivity contribution in [2.75, 3.05) is 23.3 Å². The van der Waals surface area contributed by atoms with E-state index in [4.69, 9.17) is 21.5 Å². The van der Waals surface area contributed by atoms with Gasteiger partial charge >= 0.3 is 5.97 Å². The number of rotatable bonds is 4. The molecular weight excluding hydrogens is 382 g/mol. The molecule has 1 heterocycles. The van der Waals surface area contributed by atoms with Gasteiger partial charge in [0.25, 0.3) is 0 Å². The number of nitrogens with zero attached hydrogens (tertiary/aromatic N) is 1. The lowest BCUT2D eigenvalue weighted by molar-refractivity contribution is -0.133. The van der Waals surface area contributed by atoms with E-state index >= 15 is 0 Å². The molecule has 0 fully saturated rings. The largest absolute Gasteiger partial charge is 0.423 e. The predicted octanol–water partition coefficient (Wildman–Crippen LogP) is 1.35. The maximum absolute atomic E-state index is 12.3. The van der Waals surface area contributed by atoms with E-state index in [-0.39, 0.29) is 18.0 Å². The molecule has 0 unspecified atom stereocenters. The summed E-state index contributed by atoms with van der Waals surface area (Å²) in [6.45, 7) is -0.204. The van der Waals surface area contributed by atoms with Crippen LogP contribution in [0.5, 0.6) is 5.75 Å². The molecule has 136 valence electrons. The summed E-state index contributed by atoms with van der Waals surface area (Å²) >= 11 is 5.97. The Balaban J connectivity index is 1.73. The molecule has 0 radical (unpaired) electrons. The molecule has 0 atom stereocenters. The van der Waals surface area contributed by atoms with Gasteiger partial charge in [-0.3, -0.25) is 4.79 Å². The molecule has 0 spiro atoms. The third kappa shape index (κ3) is 4.13. The van der Waals surface area contributed by atoms with Crippen LogP contribution in [0.25, 0.3) is 0 Å². The van der Waals surface area contributed by atoms with Crippen LogP contribution >= 0.6 is 11.6 Å². The summed E-state index contributed by atoms with van der Waals surface area (Å²) in [7, 11) is -3.80. The highest BCUT2D eigenvalue weighted by Crippen LogP contribution is 2.34. The quantitative estimate of drug-likeness (QED) is 0.595. The van der Waals surface area contributed by atoms with Crippen LogP contribution in [-0.2, 0) is 19.6 Å². The van der Waals surface area contributed by atoms with Gasteiger partial charge in [-0.2, -0.15) is 0 Å². The Morgan fingerprint density at radius 1 is 1.23 bits per heavy atom. The second kappa shape index (κ2) is 6.94. The fraction of sp³-hybridized carbons (Fsp3) is 0.125. The molecule has 0 bridgehead atoms. The molecule has 2 aromatic rings. The molecule has 1 aliphatic heterocycles. The van der Waals surface area contributed by atoms with E-state index < -0.39 is 21.9 Å². The van der Waals surface area contributed by atoms with Gasteiger partial charge in [-0.15, -0.1) is 0 Å². The first-order valence-electron chi connectivity index (χ1n) is 7.40. The van der Waals surface area contributed by atoms with Crippen molar-refractivity contribution in [3.05, 3.63) is 47.5 Å². The number of esters is 1. The maximum Gasteiger partial charge on any atom is 0.331 e. The van der Waals surface area contributed by atoms with Crippen molar-refractivity contribution in [1.29, 1.82) is 0 Å². The topological polar surface area (TPSA) is 119 Å². The van der Waals surface area contributed by atoms with Crippen LogP contribution in [0.4, 0.5) is 11.4 Å². The SMILES string of the molecule is NS(=O)(=O)c1ccc(NC(=O)CN2CC(=O)Oc3ccc(Cl)cc32)cc1. The van der Waals surface area contributed by atoms with E-state index in [1.165, 1.54) is 24.3 Å². The molecule has 0 aliphatic carbocycles. The lowest BCUT2D eigenvalue weighted by Gasteiger charge is -2.29. The number of hydrogen-bond acceptors (Lipinski definition) is 6. The molecule has 1 amide bonds. The Kier molecular flexibility index (Phi) is 4.86. The number of halogens is 1. The number of ether oxygens (including phenoxy) is 1. The van der Waals surface area contributed by atoms with Crippen molar-refractivity contribution < 1.29 is 22.7 Å². The summed E-state index contributed by atoms with van der Waals surface area (Å²) < 4.78 is 27.6. The fourth-order valence-corrected chi connectivity index (χ4v) is 3.14. The monoisotopic (exact) mass is 395 g/mol. The molecule has 0 saturated carbocycles. The smallest absolute Gasteiger partial charge is 0.331 e. The van der Waals surface area contributed by atoms with Crippen molar-refractivity contribution in [2.45, 2.75) is 4.90 Å². The summed E-state index contributed by atoms with van der Waals surface area (Å²) in [5.74, 6) is -0.546. The highest BCUT2D eigenvalue weighted by molar-refractivity contribution is 7.89. The molecule has 2 aromatic carbocycles. The molecule has 3 N–H and O–H groups in total. The zero-order chi connectivity index (χ0) is 18.9. The molecule has 0 saturated heterocycles. The summed E-state index contributed by atoms with van der Waals surface area (Å²) in [6.07, 6.45) is 0. The van der Waals surface area contributed by atoms with Gasteiger partial charge in [0.1, 0.15) is 6.54 Å². The number of carbonyl (C=O) groups is 2. The lowest BCUT2D eigenvalue weighted by atomic mass is 10.2. The minimum absolute atomic E-state index is 0.0576. The van der Waals surface area contributed by atoms with Crippen molar-refractivity contribution in [3.8, 4) is 5.75 Å². The summed E-state index contributed by atoms with van der Waals surface area (Å²) in [5, 5.41) is 8.10. The summed E-state index contributed by atoms with van der Waals surface area (Å²) in [5.41, 5.74) is 0.935. The molecule has 8 nitrogen and oxygen atoms in total. The number of carbonyl (C=O) groups excluding carboxylic acids is 2. The Bertz CT molecular complexity index is 976. The van der Waals surface area contributed by atoms with Crippen LogP contribution in [0.3, 0.4) is 0 Å². The Morgan fingerprint density at radius 2 is 1.92 bits per heavy atom. The molecule has 1 aliphatic rings. The first-order valence-corrected chi connectivity index (χ1v) is 9.33. The first kappa shape index (κ1) is 18.2. The Labute approximate surface area is 154 Å². The number of benzene rings is 2. The van der Waals surface area contributed by atoms with Crippen LogP contribution in [0.1, 0.15) is 0 Å². The van der Waals surface area contributed by atoms with Crippen molar-refractivity contribution in [1.82, 2.24) is 0 Å². The number of hydrogen-bond donors (Lipinski definition) is 2. The van der Waals surface area contributed by atoms with E-state index in [0.29, 0.717) is 22.1 Å². The molecule has 0 aromatic heterocycles. The highest BCUT2D eigenvalue weighted by Gasteiger charge is 2.26. The number of fused-ring (bicyclic) bond motifs is 1. The van der Waals surface area contributed by atoms with Gasteiger partial charge < -0.3 is 15.0 Å². The Morgan fingerprint density at radius 3 is 2.58 bits per heavy atom. The zero-order valence-corrected chi connectivity index (χ0v) is 14.9. The zero-order valence-electron chi connectivity index (χ0n) is 13.3. The van der Waals surface area contributed by atoms with Gasteiger partial charge in [0, 0.05) is 10.7 Å². The van der Waals surface area contributed by atoms with E-state index in [9.17, 15) is 18.0 Å². The third-order valence-corrected chi connectivity index (χ3v) is 4.77. The summed E-state index contributed by atoms with van der Waals surface area (Å²) in [4.78, 5) is 25.5. The van der Waals surface area contributed by atoms with E-state index in [1.807, 2.05) is 0 Å². The number of anilines is 2.